The summed E-state index contributed by atoms with van der Waals surface area (Å²) in [5.74, 6) is -2.91. The van der Waals surface area contributed by atoms with Gasteiger partial charge >= 0.3 is 17.9 Å². The molecule has 45 heavy (non-hydrogen) atoms. The summed E-state index contributed by atoms with van der Waals surface area (Å²) >= 11 is 0. The standard InChI is InChI=1S/C38H56O7/c1-33(2)27-12-15-38(7)29(36(27,5)14-13-28(33)45-31(42)23-11-9-8-10-22(23)30(40)41)26(39)20-24-25-21-35(4,32(43)44)17-16-34(25,3)18-19-37(24,38)6/h20,22-23,25,27-29H,8-19,21H2,1-7H3,(H,40,41)(H,43,44)/t22-,23+,25-,27?,28-,29?,34+,35-,36-,37?,38+/m0/s1. The minimum atomic E-state index is -0.903. The van der Waals surface area contributed by atoms with Crippen molar-refractivity contribution < 1.29 is 34.1 Å². The number of carbonyl (C=O) groups excluding carboxylic acids is 2. The van der Waals surface area contributed by atoms with Crippen molar-refractivity contribution in [2.75, 3.05) is 0 Å². The highest BCUT2D eigenvalue weighted by Crippen LogP contribution is 2.75. The number of rotatable bonds is 4. The number of allylic oxidation sites excluding steroid dienone is 2. The van der Waals surface area contributed by atoms with E-state index in [1.165, 1.54) is 5.57 Å². The lowest BCUT2D eigenvalue weighted by Crippen LogP contribution is -2.66. The maximum atomic E-state index is 14.6. The quantitative estimate of drug-likeness (QED) is 0.306. The van der Waals surface area contributed by atoms with Crippen LogP contribution in [0, 0.1) is 62.1 Å². The number of aliphatic carboxylic acids is 2. The molecular weight excluding hydrogens is 568 g/mol. The lowest BCUT2D eigenvalue weighted by molar-refractivity contribution is -0.213. The van der Waals surface area contributed by atoms with Crippen LogP contribution in [0.1, 0.15) is 132 Å². The van der Waals surface area contributed by atoms with Crippen LogP contribution in [0.15, 0.2) is 11.6 Å². The maximum absolute atomic E-state index is 14.6. The van der Waals surface area contributed by atoms with Crippen LogP contribution < -0.4 is 0 Å². The Morgan fingerprint density at radius 2 is 1.44 bits per heavy atom. The number of hydrogen-bond donors (Lipinski definition) is 2. The van der Waals surface area contributed by atoms with E-state index in [4.69, 9.17) is 4.74 Å². The first kappa shape index (κ1) is 32.7. The van der Waals surface area contributed by atoms with Gasteiger partial charge in [-0.2, -0.15) is 0 Å². The Bertz CT molecular complexity index is 1330. The molecule has 0 aliphatic heterocycles. The highest BCUT2D eigenvalue weighted by Gasteiger charge is 2.70. The van der Waals surface area contributed by atoms with Gasteiger partial charge < -0.3 is 14.9 Å². The Hall–Kier alpha value is -2.18. The van der Waals surface area contributed by atoms with E-state index in [2.05, 4.69) is 41.5 Å². The van der Waals surface area contributed by atoms with Crippen LogP contribution in [0.2, 0.25) is 0 Å². The number of hydrogen-bond acceptors (Lipinski definition) is 5. The number of carbonyl (C=O) groups is 4. The molecule has 0 radical (unpaired) electrons. The summed E-state index contributed by atoms with van der Waals surface area (Å²) in [6.45, 7) is 15.7. The van der Waals surface area contributed by atoms with Crippen molar-refractivity contribution in [1.29, 1.82) is 0 Å². The Morgan fingerprint density at radius 3 is 2.09 bits per heavy atom. The third-order valence-corrected chi connectivity index (χ3v) is 15.7. The Balaban J connectivity index is 1.30. The Morgan fingerprint density at radius 1 is 0.800 bits per heavy atom. The number of esters is 1. The molecule has 250 valence electrons. The first-order valence-electron chi connectivity index (χ1n) is 17.8. The third-order valence-electron chi connectivity index (χ3n) is 15.7. The van der Waals surface area contributed by atoms with E-state index in [0.29, 0.717) is 32.1 Å². The van der Waals surface area contributed by atoms with Gasteiger partial charge in [-0.15, -0.1) is 0 Å². The van der Waals surface area contributed by atoms with Crippen molar-refractivity contribution in [3.8, 4) is 0 Å². The summed E-state index contributed by atoms with van der Waals surface area (Å²) in [6.07, 6.45) is 12.0. The van der Waals surface area contributed by atoms with Gasteiger partial charge in [0.2, 0.25) is 0 Å². The molecule has 0 aromatic carbocycles. The molecule has 6 rings (SSSR count). The van der Waals surface area contributed by atoms with Gasteiger partial charge in [0.15, 0.2) is 5.78 Å². The fourth-order valence-electron chi connectivity index (χ4n) is 12.5. The van der Waals surface area contributed by atoms with E-state index in [9.17, 15) is 29.4 Å². The molecule has 0 aromatic rings. The van der Waals surface area contributed by atoms with Gasteiger partial charge in [0, 0.05) is 11.3 Å². The number of fused-ring (bicyclic) bond motifs is 7. The van der Waals surface area contributed by atoms with Gasteiger partial charge in [-0.1, -0.05) is 60.0 Å². The zero-order chi connectivity index (χ0) is 33.0. The number of ketones is 1. The molecule has 0 bridgehead atoms. The first-order valence-corrected chi connectivity index (χ1v) is 17.8. The summed E-state index contributed by atoms with van der Waals surface area (Å²) < 4.78 is 6.28. The highest BCUT2D eigenvalue weighted by molar-refractivity contribution is 5.95. The van der Waals surface area contributed by atoms with E-state index in [0.717, 1.165) is 51.4 Å². The number of carboxylic acids is 2. The van der Waals surface area contributed by atoms with Gasteiger partial charge in [0.05, 0.1) is 17.3 Å². The molecule has 7 nitrogen and oxygen atoms in total. The topological polar surface area (TPSA) is 118 Å². The van der Waals surface area contributed by atoms with Gasteiger partial charge in [0.1, 0.15) is 6.10 Å². The molecule has 5 fully saturated rings. The summed E-state index contributed by atoms with van der Waals surface area (Å²) in [5.41, 5.74) is -0.576. The average molecular weight is 625 g/mol. The lowest BCUT2D eigenvalue weighted by atomic mass is 9.33. The second kappa shape index (κ2) is 10.4. The molecule has 6 aliphatic carbocycles. The van der Waals surface area contributed by atoms with Crippen LogP contribution in [-0.4, -0.2) is 40.0 Å². The van der Waals surface area contributed by atoms with Crippen molar-refractivity contribution >= 4 is 23.7 Å². The Kier molecular flexibility index (Phi) is 7.58. The molecule has 7 heteroatoms. The smallest absolute Gasteiger partial charge is 0.310 e. The van der Waals surface area contributed by atoms with E-state index >= 15 is 0 Å². The lowest BCUT2D eigenvalue weighted by Gasteiger charge is -2.70. The first-order chi connectivity index (χ1) is 20.8. The summed E-state index contributed by atoms with van der Waals surface area (Å²) in [5, 5.41) is 20.0. The van der Waals surface area contributed by atoms with Crippen molar-refractivity contribution in [1.82, 2.24) is 0 Å². The number of ether oxygens (including phenoxy) is 1. The van der Waals surface area contributed by atoms with Crippen LogP contribution >= 0.6 is 0 Å². The molecule has 5 saturated carbocycles. The van der Waals surface area contributed by atoms with Gasteiger partial charge in [-0.25, -0.2) is 0 Å². The molecule has 3 unspecified atom stereocenters. The van der Waals surface area contributed by atoms with E-state index in [1.54, 1.807) is 0 Å². The Labute approximate surface area is 269 Å². The fraction of sp³-hybridized carbons (Fsp3) is 0.842. The minimum absolute atomic E-state index is 0.0206. The van der Waals surface area contributed by atoms with E-state index in [1.807, 2.05) is 13.0 Å². The predicted octanol–water partition coefficient (Wildman–Crippen LogP) is 7.85. The molecule has 6 aliphatic rings. The molecule has 0 spiro atoms. The van der Waals surface area contributed by atoms with Crippen molar-refractivity contribution in [3.05, 3.63) is 11.6 Å². The van der Waals surface area contributed by atoms with E-state index in [-0.39, 0.29) is 62.7 Å². The SMILES string of the molecule is CC1(C)C2CC[C@]3(C)C(C(=O)C=C4[C@@H]5C[C@@](C)(C(=O)O)CC[C@]5(C)CCC43C)[C@@]2(C)CC[C@@H]1OC(=O)[C@@H]1CCCC[C@@H]1C(=O)O. The molecule has 0 amide bonds. The third kappa shape index (κ3) is 4.54. The van der Waals surface area contributed by atoms with Crippen LogP contribution in [0.4, 0.5) is 0 Å². The molecule has 2 N–H and O–H groups in total. The minimum Gasteiger partial charge on any atom is -0.481 e. The van der Waals surface area contributed by atoms with Crippen LogP contribution in [0.25, 0.3) is 0 Å². The normalized spacial score (nSPS) is 48.9. The average Bonchev–Trinajstić information content (AvgIpc) is 2.96. The predicted molar refractivity (Wildman–Crippen MR) is 170 cm³/mol. The fourth-order valence-corrected chi connectivity index (χ4v) is 12.5. The second-order valence-electron chi connectivity index (χ2n) is 18.2. The molecular formula is C38H56O7. The summed E-state index contributed by atoms with van der Waals surface area (Å²) in [6, 6.07) is 0. The number of carboxylic acid groups (broad SMARTS) is 2. The van der Waals surface area contributed by atoms with Gasteiger partial charge in [0.25, 0.3) is 0 Å². The van der Waals surface area contributed by atoms with Crippen molar-refractivity contribution in [2.24, 2.45) is 62.1 Å². The summed E-state index contributed by atoms with van der Waals surface area (Å²) in [4.78, 5) is 52.4. The zero-order valence-corrected chi connectivity index (χ0v) is 28.7. The highest BCUT2D eigenvalue weighted by atomic mass is 16.5. The van der Waals surface area contributed by atoms with Crippen LogP contribution in [0.3, 0.4) is 0 Å². The van der Waals surface area contributed by atoms with Crippen molar-refractivity contribution in [2.45, 2.75) is 138 Å². The van der Waals surface area contributed by atoms with Gasteiger partial charge in [-0.3, -0.25) is 19.2 Å². The largest absolute Gasteiger partial charge is 0.481 e. The van der Waals surface area contributed by atoms with Crippen molar-refractivity contribution in [3.63, 3.8) is 0 Å². The zero-order valence-electron chi connectivity index (χ0n) is 28.7. The maximum Gasteiger partial charge on any atom is 0.310 e. The molecule has 0 saturated heterocycles. The van der Waals surface area contributed by atoms with Crippen LogP contribution in [-0.2, 0) is 23.9 Å². The monoisotopic (exact) mass is 624 g/mol. The van der Waals surface area contributed by atoms with E-state index < -0.39 is 29.2 Å². The molecule has 0 heterocycles. The van der Waals surface area contributed by atoms with Crippen LogP contribution in [0.5, 0.6) is 0 Å². The second-order valence-corrected chi connectivity index (χ2v) is 18.2. The summed E-state index contributed by atoms with van der Waals surface area (Å²) in [7, 11) is 0. The van der Waals surface area contributed by atoms with Gasteiger partial charge in [-0.05, 0) is 117 Å². The molecule has 0 aromatic heterocycles. The molecule has 11 atom stereocenters.